The van der Waals surface area contributed by atoms with Gasteiger partial charge in [-0.15, -0.1) is 0 Å². The van der Waals surface area contributed by atoms with Crippen molar-refractivity contribution < 1.29 is 0 Å². The third-order valence-corrected chi connectivity index (χ3v) is 7.17. The van der Waals surface area contributed by atoms with Crippen molar-refractivity contribution in [1.29, 1.82) is 0 Å². The number of benzene rings is 6. The van der Waals surface area contributed by atoms with Gasteiger partial charge in [-0.2, -0.15) is 0 Å². The molecule has 0 aromatic heterocycles. The molecule has 7 rings (SSSR count). The largest absolute Gasteiger partial charge is 0.360 e. The zero-order valence-electron chi connectivity index (χ0n) is 18.3. The van der Waals surface area contributed by atoms with Gasteiger partial charge in [-0.05, 0) is 62.0 Å². The molecule has 0 saturated heterocycles. The van der Waals surface area contributed by atoms with Gasteiger partial charge in [0.2, 0.25) is 0 Å². The molecule has 1 N–H and O–H groups in total. The summed E-state index contributed by atoms with van der Waals surface area (Å²) < 4.78 is 0. The van der Waals surface area contributed by atoms with Crippen LogP contribution in [0.5, 0.6) is 0 Å². The molecule has 0 amide bonds. The summed E-state index contributed by atoms with van der Waals surface area (Å²) >= 11 is 0. The average molecular weight is 425 g/mol. The van der Waals surface area contributed by atoms with Crippen molar-refractivity contribution in [2.75, 3.05) is 16.8 Å². The molecule has 0 saturated carbocycles. The fraction of sp³-hybridized carbons (Fsp3) is 0.0968. The van der Waals surface area contributed by atoms with Crippen LogP contribution in [-0.2, 0) is 6.42 Å². The first kappa shape index (κ1) is 18.5. The van der Waals surface area contributed by atoms with Crippen LogP contribution in [0.15, 0.2) is 109 Å². The van der Waals surface area contributed by atoms with Crippen molar-refractivity contribution in [3.05, 3.63) is 120 Å². The number of hydrogen-bond acceptors (Lipinski definition) is 2. The Hall–Kier alpha value is -4.04. The van der Waals surface area contributed by atoms with E-state index in [9.17, 15) is 0 Å². The quantitative estimate of drug-likeness (QED) is 0.291. The normalized spacial score (nSPS) is 15.4. The Balaban J connectivity index is 1.30. The predicted octanol–water partition coefficient (Wildman–Crippen LogP) is 7.76. The molecular formula is C31H24N2. The molecule has 33 heavy (non-hydrogen) atoms. The van der Waals surface area contributed by atoms with Gasteiger partial charge in [0.05, 0.1) is 11.4 Å². The minimum Gasteiger partial charge on any atom is -0.360 e. The Morgan fingerprint density at radius 1 is 0.606 bits per heavy atom. The lowest BCUT2D eigenvalue weighted by Crippen LogP contribution is -2.30. The van der Waals surface area contributed by atoms with E-state index in [1.54, 1.807) is 0 Å². The van der Waals surface area contributed by atoms with Crippen molar-refractivity contribution >= 4 is 43.7 Å². The molecule has 1 unspecified atom stereocenters. The van der Waals surface area contributed by atoms with Crippen LogP contribution in [0, 0.1) is 0 Å². The van der Waals surface area contributed by atoms with E-state index in [1.807, 2.05) is 0 Å². The topological polar surface area (TPSA) is 15.3 Å². The van der Waals surface area contributed by atoms with E-state index in [-0.39, 0.29) is 6.17 Å². The summed E-state index contributed by atoms with van der Waals surface area (Å²) in [5.41, 5.74) is 5.20. The third kappa shape index (κ3) is 2.87. The molecule has 0 spiro atoms. The number of fused-ring (bicyclic) bond motifs is 1. The Bertz CT molecular complexity index is 1590. The summed E-state index contributed by atoms with van der Waals surface area (Å²) in [4.78, 5) is 2.52. The van der Waals surface area contributed by atoms with Gasteiger partial charge in [-0.3, -0.25) is 0 Å². The summed E-state index contributed by atoms with van der Waals surface area (Å²) in [6.45, 7) is 0.952. The maximum atomic E-state index is 3.74. The van der Waals surface area contributed by atoms with Crippen molar-refractivity contribution in [3.8, 4) is 0 Å². The number of nitrogens with zero attached hydrogens (tertiary/aromatic N) is 1. The second kappa shape index (κ2) is 7.25. The second-order valence-electron chi connectivity index (χ2n) is 9.00. The molecule has 6 aromatic carbocycles. The Labute approximate surface area is 193 Å². The summed E-state index contributed by atoms with van der Waals surface area (Å²) in [5, 5.41) is 11.9. The van der Waals surface area contributed by atoms with E-state index < -0.39 is 0 Å². The molecule has 0 aliphatic carbocycles. The Morgan fingerprint density at radius 3 is 2.15 bits per heavy atom. The highest BCUT2D eigenvalue weighted by Crippen LogP contribution is 2.41. The lowest BCUT2D eigenvalue weighted by atomic mass is 9.91. The van der Waals surface area contributed by atoms with E-state index in [4.69, 9.17) is 0 Å². The van der Waals surface area contributed by atoms with Gasteiger partial charge in [-0.1, -0.05) is 97.1 Å². The number of para-hydroxylation sites is 2. The fourth-order valence-corrected chi connectivity index (χ4v) is 5.61. The second-order valence-corrected chi connectivity index (χ2v) is 9.00. The summed E-state index contributed by atoms with van der Waals surface area (Å²) in [6, 6.07) is 39.8. The zero-order chi connectivity index (χ0) is 21.8. The SMILES string of the molecule is c1ccc(C2Nc3ccccc3N2CCc2ccc3ccc4cccc5ccc2c3c45)cc1. The molecule has 0 fully saturated rings. The summed E-state index contributed by atoms with van der Waals surface area (Å²) in [7, 11) is 0. The molecule has 0 bridgehead atoms. The summed E-state index contributed by atoms with van der Waals surface area (Å²) in [5.74, 6) is 0. The van der Waals surface area contributed by atoms with Crippen LogP contribution in [-0.4, -0.2) is 6.54 Å². The van der Waals surface area contributed by atoms with Crippen LogP contribution >= 0.6 is 0 Å². The lowest BCUT2D eigenvalue weighted by molar-refractivity contribution is 0.707. The van der Waals surface area contributed by atoms with Crippen LogP contribution in [0.1, 0.15) is 17.3 Å². The van der Waals surface area contributed by atoms with Crippen LogP contribution in [0.4, 0.5) is 11.4 Å². The van der Waals surface area contributed by atoms with Gasteiger partial charge in [-0.25, -0.2) is 0 Å². The zero-order valence-corrected chi connectivity index (χ0v) is 18.3. The fourth-order valence-electron chi connectivity index (χ4n) is 5.61. The maximum Gasteiger partial charge on any atom is 0.126 e. The predicted molar refractivity (Wildman–Crippen MR) is 140 cm³/mol. The lowest BCUT2D eigenvalue weighted by Gasteiger charge is -2.27. The Kier molecular flexibility index (Phi) is 4.07. The highest BCUT2D eigenvalue weighted by atomic mass is 15.3. The van der Waals surface area contributed by atoms with Crippen molar-refractivity contribution in [2.24, 2.45) is 0 Å². The molecular weight excluding hydrogens is 400 g/mol. The van der Waals surface area contributed by atoms with E-state index in [1.165, 1.54) is 54.8 Å². The van der Waals surface area contributed by atoms with E-state index in [0.717, 1.165) is 13.0 Å². The van der Waals surface area contributed by atoms with Gasteiger partial charge in [0.15, 0.2) is 0 Å². The van der Waals surface area contributed by atoms with E-state index >= 15 is 0 Å². The minimum absolute atomic E-state index is 0.156. The van der Waals surface area contributed by atoms with Gasteiger partial charge < -0.3 is 10.2 Å². The molecule has 1 heterocycles. The molecule has 1 aliphatic rings. The molecule has 158 valence electrons. The first-order valence-electron chi connectivity index (χ1n) is 11.7. The van der Waals surface area contributed by atoms with E-state index in [0.29, 0.717) is 0 Å². The molecule has 1 aliphatic heterocycles. The van der Waals surface area contributed by atoms with Gasteiger partial charge in [0.25, 0.3) is 0 Å². The van der Waals surface area contributed by atoms with Crippen LogP contribution in [0.3, 0.4) is 0 Å². The van der Waals surface area contributed by atoms with Crippen LogP contribution < -0.4 is 10.2 Å². The highest BCUT2D eigenvalue weighted by Gasteiger charge is 2.29. The standard InChI is InChI=1S/C31H24N2/c1-2-7-25(8-3-1)31-32-27-11-4-5-12-28(27)33(31)20-19-21-13-14-24-16-15-22-9-6-10-23-17-18-26(21)30(24)29(22)23/h1-18,31-32H,19-20H2. The van der Waals surface area contributed by atoms with E-state index in [2.05, 4.69) is 119 Å². The van der Waals surface area contributed by atoms with Gasteiger partial charge in [0, 0.05) is 6.54 Å². The average Bonchev–Trinajstić information content (AvgIpc) is 3.25. The van der Waals surface area contributed by atoms with Crippen LogP contribution in [0.2, 0.25) is 0 Å². The smallest absolute Gasteiger partial charge is 0.126 e. The number of anilines is 2. The van der Waals surface area contributed by atoms with Crippen molar-refractivity contribution in [1.82, 2.24) is 0 Å². The monoisotopic (exact) mass is 424 g/mol. The first-order chi connectivity index (χ1) is 16.4. The van der Waals surface area contributed by atoms with Gasteiger partial charge in [0.1, 0.15) is 6.17 Å². The molecule has 6 aromatic rings. The number of rotatable bonds is 4. The molecule has 1 atom stereocenters. The molecule has 2 nitrogen and oxygen atoms in total. The van der Waals surface area contributed by atoms with Crippen molar-refractivity contribution in [2.45, 2.75) is 12.6 Å². The molecule has 0 radical (unpaired) electrons. The number of nitrogens with one attached hydrogen (secondary N) is 1. The molecule has 2 heteroatoms. The number of hydrogen-bond donors (Lipinski definition) is 1. The third-order valence-electron chi connectivity index (χ3n) is 7.17. The maximum absolute atomic E-state index is 3.74. The van der Waals surface area contributed by atoms with Crippen molar-refractivity contribution in [3.63, 3.8) is 0 Å². The van der Waals surface area contributed by atoms with Gasteiger partial charge >= 0.3 is 0 Å². The highest BCUT2D eigenvalue weighted by molar-refractivity contribution is 6.23. The Morgan fingerprint density at radius 2 is 1.30 bits per heavy atom. The van der Waals surface area contributed by atoms with Crippen LogP contribution in [0.25, 0.3) is 32.3 Å². The summed E-state index contributed by atoms with van der Waals surface area (Å²) in [6.07, 6.45) is 1.15. The minimum atomic E-state index is 0.156. The first-order valence-corrected chi connectivity index (χ1v) is 11.7.